The van der Waals surface area contributed by atoms with Crippen LogP contribution in [-0.4, -0.2) is 4.57 Å². The molecule has 0 unspecified atom stereocenters. The molecule has 0 fully saturated rings. The maximum atomic E-state index is 2.45. The number of para-hydroxylation sites is 1. The highest BCUT2D eigenvalue weighted by molar-refractivity contribution is 6.16. The van der Waals surface area contributed by atoms with Crippen LogP contribution in [0.2, 0.25) is 0 Å². The minimum Gasteiger partial charge on any atom is -0.337 e. The van der Waals surface area contributed by atoms with Gasteiger partial charge in [-0.3, -0.25) is 0 Å². The van der Waals surface area contributed by atoms with Gasteiger partial charge in [0, 0.05) is 34.4 Å². The Labute approximate surface area is 439 Å². The number of hydrogen-bond donors (Lipinski definition) is 0. The fourth-order valence-corrected chi connectivity index (χ4v) is 10.9. The molecular weight excluding hydrogens is 905 g/mol. The number of nitrogens with zero attached hydrogens (tertiary/aromatic N) is 2. The van der Waals surface area contributed by atoms with Gasteiger partial charge in [-0.15, -0.1) is 0 Å². The Kier molecular flexibility index (Phi) is 12.1. The van der Waals surface area contributed by atoms with E-state index in [1.807, 2.05) is 0 Å². The van der Waals surface area contributed by atoms with E-state index in [4.69, 9.17) is 0 Å². The molecule has 0 saturated carbocycles. The maximum absolute atomic E-state index is 2.45. The molecule has 2 nitrogen and oxygen atoms in total. The van der Waals surface area contributed by atoms with E-state index in [-0.39, 0.29) is 0 Å². The number of rotatable bonds is 12. The molecule has 0 radical (unpaired) electrons. The fraction of sp³-hybridized carbons (Fsp3) is 0.0137. The third-order valence-electron chi connectivity index (χ3n) is 14.8. The van der Waals surface area contributed by atoms with Gasteiger partial charge in [0.05, 0.1) is 11.0 Å². The van der Waals surface area contributed by atoms with Crippen molar-refractivity contribution < 1.29 is 0 Å². The Morgan fingerprint density at radius 3 is 1.11 bits per heavy atom. The van der Waals surface area contributed by atoms with Crippen LogP contribution < -0.4 is 4.90 Å². The quantitative estimate of drug-likeness (QED) is 0.118. The second-order valence-corrected chi connectivity index (χ2v) is 19.3. The first-order chi connectivity index (χ1) is 37.2. The molecule has 1 heterocycles. The van der Waals surface area contributed by atoms with Crippen molar-refractivity contribution >= 4 is 33.2 Å². The van der Waals surface area contributed by atoms with Crippen molar-refractivity contribution in [1.82, 2.24) is 4.57 Å². The summed E-state index contributed by atoms with van der Waals surface area (Å²) in [6.45, 7) is 0.669. The van der Waals surface area contributed by atoms with E-state index in [9.17, 15) is 0 Å². The third-order valence-corrected chi connectivity index (χ3v) is 14.8. The van der Waals surface area contributed by atoms with Crippen molar-refractivity contribution in [3.8, 4) is 83.6 Å². The van der Waals surface area contributed by atoms with Crippen LogP contribution in [0.3, 0.4) is 0 Å². The van der Waals surface area contributed by atoms with Gasteiger partial charge < -0.3 is 9.47 Å². The van der Waals surface area contributed by atoms with E-state index in [0.29, 0.717) is 6.54 Å². The first-order valence-electron chi connectivity index (χ1n) is 25.8. The number of benzene rings is 12. The first-order valence-corrected chi connectivity index (χ1v) is 25.8. The predicted octanol–water partition coefficient (Wildman–Crippen LogP) is 19.8. The highest BCUT2D eigenvalue weighted by Gasteiger charge is 2.19. The zero-order chi connectivity index (χ0) is 49.9. The third kappa shape index (κ3) is 9.00. The van der Waals surface area contributed by atoms with Crippen LogP contribution in [-0.2, 0) is 6.54 Å². The molecule has 75 heavy (non-hydrogen) atoms. The van der Waals surface area contributed by atoms with Gasteiger partial charge in [0.15, 0.2) is 0 Å². The SMILES string of the molecule is c1ccc(-c2ccc(-c3ccc(N(Cc4ccccc4-c4cccc(-c5cccc6c5c5ccccc5n6-c5ccc(-c6ccccc6)cc5)c4)c4ccc(-c5ccc(-c6ccccc6)cc5)cc4)cc3)cc2)cc1. The van der Waals surface area contributed by atoms with E-state index >= 15 is 0 Å². The largest absolute Gasteiger partial charge is 0.337 e. The minimum absolute atomic E-state index is 0.669. The molecular formula is C73H52N2. The summed E-state index contributed by atoms with van der Waals surface area (Å²) in [5.74, 6) is 0. The summed E-state index contributed by atoms with van der Waals surface area (Å²) >= 11 is 0. The molecule has 0 amide bonds. The number of anilines is 2. The second-order valence-electron chi connectivity index (χ2n) is 19.3. The van der Waals surface area contributed by atoms with Crippen LogP contribution in [0.1, 0.15) is 5.56 Å². The average Bonchev–Trinajstić information content (AvgIpc) is 3.88. The monoisotopic (exact) mass is 956 g/mol. The van der Waals surface area contributed by atoms with Crippen molar-refractivity contribution in [1.29, 1.82) is 0 Å². The molecule has 0 saturated heterocycles. The Morgan fingerprint density at radius 2 is 0.600 bits per heavy atom. The van der Waals surface area contributed by atoms with Gasteiger partial charge in [-0.2, -0.15) is 0 Å². The standard InChI is InChI=1S/C73H52N2/c1-4-16-52(17-5-1)55-30-34-57(35-31-55)60-38-44-65(45-39-60)74(66-46-40-61(41-47-66)58-36-32-56(33-37-58)53-18-6-2-7-19-53)51-64-22-10-11-25-68(64)62-23-14-24-63(50-62)69-27-15-29-72-73(69)70-26-12-13-28-71(70)75(72)67-48-42-59(43-49-67)54-20-8-3-9-21-54/h1-50H,51H2. The normalized spacial score (nSPS) is 11.3. The van der Waals surface area contributed by atoms with Crippen LogP contribution in [0.5, 0.6) is 0 Å². The van der Waals surface area contributed by atoms with Gasteiger partial charge in [0.25, 0.3) is 0 Å². The number of fused-ring (bicyclic) bond motifs is 3. The molecule has 0 N–H and O–H groups in total. The highest BCUT2D eigenvalue weighted by atomic mass is 15.1. The summed E-state index contributed by atoms with van der Waals surface area (Å²) in [6, 6.07) is 110. The van der Waals surface area contributed by atoms with Crippen molar-refractivity contribution in [2.24, 2.45) is 0 Å². The Balaban J connectivity index is 0.850. The molecule has 12 aromatic carbocycles. The van der Waals surface area contributed by atoms with Crippen molar-refractivity contribution in [2.75, 3.05) is 4.90 Å². The van der Waals surface area contributed by atoms with Crippen molar-refractivity contribution in [3.05, 3.63) is 309 Å². The average molecular weight is 957 g/mol. The van der Waals surface area contributed by atoms with Gasteiger partial charge >= 0.3 is 0 Å². The predicted molar refractivity (Wildman–Crippen MR) is 318 cm³/mol. The second kappa shape index (κ2) is 20.0. The molecule has 13 rings (SSSR count). The summed E-state index contributed by atoms with van der Waals surface area (Å²) in [7, 11) is 0. The Morgan fingerprint density at radius 1 is 0.253 bits per heavy atom. The zero-order valence-electron chi connectivity index (χ0n) is 41.5. The van der Waals surface area contributed by atoms with E-state index in [1.54, 1.807) is 0 Å². The summed E-state index contributed by atoms with van der Waals surface area (Å²) < 4.78 is 2.42. The molecule has 13 aromatic rings. The lowest BCUT2D eigenvalue weighted by atomic mass is 9.93. The lowest BCUT2D eigenvalue weighted by molar-refractivity contribution is 0.977. The van der Waals surface area contributed by atoms with E-state index in [0.717, 1.165) is 17.1 Å². The van der Waals surface area contributed by atoms with Crippen LogP contribution >= 0.6 is 0 Å². The topological polar surface area (TPSA) is 8.17 Å². The summed E-state index contributed by atoms with van der Waals surface area (Å²) in [5, 5.41) is 2.49. The molecule has 0 atom stereocenters. The van der Waals surface area contributed by atoms with Crippen molar-refractivity contribution in [3.63, 3.8) is 0 Å². The smallest absolute Gasteiger partial charge is 0.0547 e. The maximum Gasteiger partial charge on any atom is 0.0547 e. The van der Waals surface area contributed by atoms with Crippen LogP contribution in [0.25, 0.3) is 105 Å². The summed E-state index contributed by atoms with van der Waals surface area (Å²) in [5.41, 5.74) is 23.9. The van der Waals surface area contributed by atoms with E-state index in [2.05, 4.69) is 313 Å². The van der Waals surface area contributed by atoms with Crippen LogP contribution in [0, 0.1) is 0 Å². The molecule has 0 spiro atoms. The van der Waals surface area contributed by atoms with Gasteiger partial charge in [-0.1, -0.05) is 249 Å². The van der Waals surface area contributed by atoms with Crippen molar-refractivity contribution in [2.45, 2.75) is 6.54 Å². The molecule has 2 heteroatoms. The van der Waals surface area contributed by atoms with Crippen LogP contribution in [0.15, 0.2) is 303 Å². The molecule has 354 valence electrons. The lowest BCUT2D eigenvalue weighted by Crippen LogP contribution is -2.17. The summed E-state index contributed by atoms with van der Waals surface area (Å²) in [6.07, 6.45) is 0. The summed E-state index contributed by atoms with van der Waals surface area (Å²) in [4.78, 5) is 2.45. The molecule has 0 aliphatic heterocycles. The lowest BCUT2D eigenvalue weighted by Gasteiger charge is -2.27. The molecule has 1 aromatic heterocycles. The van der Waals surface area contributed by atoms with Gasteiger partial charge in [-0.05, 0) is 138 Å². The fourth-order valence-electron chi connectivity index (χ4n) is 10.9. The Hall–Kier alpha value is -9.76. The van der Waals surface area contributed by atoms with Crippen LogP contribution in [0.4, 0.5) is 11.4 Å². The van der Waals surface area contributed by atoms with Gasteiger partial charge in [0.2, 0.25) is 0 Å². The van der Waals surface area contributed by atoms with E-state index < -0.39 is 0 Å². The molecule has 0 aliphatic rings. The first kappa shape index (κ1) is 45.1. The minimum atomic E-state index is 0.669. The van der Waals surface area contributed by atoms with Gasteiger partial charge in [0.1, 0.15) is 0 Å². The highest BCUT2D eigenvalue weighted by Crippen LogP contribution is 2.41. The molecule has 0 bridgehead atoms. The Bertz CT molecular complexity index is 3940. The van der Waals surface area contributed by atoms with Gasteiger partial charge in [-0.25, -0.2) is 0 Å². The zero-order valence-corrected chi connectivity index (χ0v) is 41.5. The van der Waals surface area contributed by atoms with E-state index in [1.165, 1.54) is 105 Å². The number of hydrogen-bond acceptors (Lipinski definition) is 1. The number of aromatic nitrogens is 1. The molecule has 0 aliphatic carbocycles.